The van der Waals surface area contributed by atoms with Crippen molar-refractivity contribution in [2.75, 3.05) is 20.2 Å². The molecule has 0 saturated carbocycles. The quantitative estimate of drug-likeness (QED) is 0.878. The van der Waals surface area contributed by atoms with Crippen LogP contribution in [0.4, 0.5) is 8.78 Å². The highest BCUT2D eigenvalue weighted by atomic mass is 19.1. The molecule has 0 amide bonds. The molecule has 1 aliphatic rings. The molecule has 0 atom stereocenters. The molecule has 0 aromatic heterocycles. The fraction of sp³-hybridized carbons (Fsp3) is 0.538. The number of benzene rings is 1. The van der Waals surface area contributed by atoms with Crippen LogP contribution in [0.5, 0.6) is 5.75 Å². The Morgan fingerprint density at radius 1 is 1.24 bits per heavy atom. The molecule has 0 aliphatic carbocycles. The lowest BCUT2D eigenvalue weighted by atomic mass is 9.91. The van der Waals surface area contributed by atoms with Crippen molar-refractivity contribution in [2.24, 2.45) is 5.92 Å². The third-order valence-corrected chi connectivity index (χ3v) is 3.29. The van der Waals surface area contributed by atoms with Crippen molar-refractivity contribution < 1.29 is 13.5 Å². The zero-order valence-corrected chi connectivity index (χ0v) is 9.93. The first-order chi connectivity index (χ1) is 8.20. The average Bonchev–Trinajstić information content (AvgIpc) is 2.34. The Kier molecular flexibility index (Phi) is 3.94. The van der Waals surface area contributed by atoms with E-state index in [1.165, 1.54) is 13.2 Å². The van der Waals surface area contributed by atoms with Crippen LogP contribution in [0.1, 0.15) is 18.4 Å². The van der Waals surface area contributed by atoms with Crippen LogP contribution in [0.3, 0.4) is 0 Å². The number of hydrogen-bond donors (Lipinski definition) is 1. The number of nitrogens with one attached hydrogen (secondary N) is 1. The first-order valence-electron chi connectivity index (χ1n) is 5.93. The van der Waals surface area contributed by atoms with Gasteiger partial charge in [-0.3, -0.25) is 0 Å². The van der Waals surface area contributed by atoms with Crippen LogP contribution in [0.25, 0.3) is 0 Å². The van der Waals surface area contributed by atoms with Gasteiger partial charge in [-0.25, -0.2) is 8.78 Å². The van der Waals surface area contributed by atoms with Gasteiger partial charge in [-0.1, -0.05) is 0 Å². The van der Waals surface area contributed by atoms with E-state index < -0.39 is 11.6 Å². The lowest BCUT2D eigenvalue weighted by molar-refractivity contribution is 0.362. The molecule has 1 aliphatic heterocycles. The van der Waals surface area contributed by atoms with Crippen molar-refractivity contribution in [3.8, 4) is 5.75 Å². The molecule has 0 radical (unpaired) electrons. The van der Waals surface area contributed by atoms with E-state index in [0.717, 1.165) is 32.0 Å². The molecule has 1 aromatic carbocycles. The standard InChI is InChI=1S/C13H17F2NO/c1-17-13-7-10(11(14)8-12(13)15)6-9-2-4-16-5-3-9/h7-9,16H,2-6H2,1H3. The molecule has 94 valence electrons. The van der Waals surface area contributed by atoms with E-state index in [4.69, 9.17) is 4.74 Å². The molecule has 0 bridgehead atoms. The molecule has 1 fully saturated rings. The second kappa shape index (κ2) is 5.45. The average molecular weight is 241 g/mol. The van der Waals surface area contributed by atoms with Gasteiger partial charge in [-0.2, -0.15) is 0 Å². The minimum absolute atomic E-state index is 0.121. The summed E-state index contributed by atoms with van der Waals surface area (Å²) in [6, 6.07) is 2.39. The highest BCUT2D eigenvalue weighted by molar-refractivity contribution is 5.31. The minimum Gasteiger partial charge on any atom is -0.494 e. The SMILES string of the molecule is COc1cc(CC2CCNCC2)c(F)cc1F. The zero-order valence-electron chi connectivity index (χ0n) is 9.93. The number of piperidine rings is 1. The van der Waals surface area contributed by atoms with Gasteiger partial charge in [0.25, 0.3) is 0 Å². The number of methoxy groups -OCH3 is 1. The van der Waals surface area contributed by atoms with E-state index in [1.54, 1.807) is 0 Å². The summed E-state index contributed by atoms with van der Waals surface area (Å²) in [5, 5.41) is 3.27. The predicted molar refractivity (Wildman–Crippen MR) is 62.2 cm³/mol. The molecule has 1 aromatic rings. The fourth-order valence-electron chi connectivity index (χ4n) is 2.28. The lowest BCUT2D eigenvalue weighted by Gasteiger charge is -2.22. The normalized spacial score (nSPS) is 17.1. The van der Waals surface area contributed by atoms with Crippen LogP contribution in [-0.4, -0.2) is 20.2 Å². The van der Waals surface area contributed by atoms with Gasteiger partial charge in [0.1, 0.15) is 5.82 Å². The number of ether oxygens (including phenoxy) is 1. The van der Waals surface area contributed by atoms with Gasteiger partial charge >= 0.3 is 0 Å². The maximum atomic E-state index is 13.6. The first-order valence-corrected chi connectivity index (χ1v) is 5.93. The molecule has 1 saturated heterocycles. The summed E-state index contributed by atoms with van der Waals surface area (Å²) in [6.07, 6.45) is 2.74. The van der Waals surface area contributed by atoms with E-state index >= 15 is 0 Å². The summed E-state index contributed by atoms with van der Waals surface area (Å²) in [5.74, 6) is -0.517. The van der Waals surface area contributed by atoms with Crippen LogP contribution >= 0.6 is 0 Å². The molecular weight excluding hydrogens is 224 g/mol. The van der Waals surface area contributed by atoms with Crippen molar-refractivity contribution >= 4 is 0 Å². The first kappa shape index (κ1) is 12.3. The highest BCUT2D eigenvalue weighted by Crippen LogP contribution is 2.25. The van der Waals surface area contributed by atoms with Crippen LogP contribution in [-0.2, 0) is 6.42 Å². The van der Waals surface area contributed by atoms with Crippen LogP contribution < -0.4 is 10.1 Å². The van der Waals surface area contributed by atoms with E-state index in [0.29, 0.717) is 17.9 Å². The molecule has 1 N–H and O–H groups in total. The van der Waals surface area contributed by atoms with Gasteiger partial charge in [-0.15, -0.1) is 0 Å². The third-order valence-electron chi connectivity index (χ3n) is 3.29. The Bertz CT molecular complexity index is 389. The van der Waals surface area contributed by atoms with Crippen LogP contribution in [0, 0.1) is 17.6 Å². The van der Waals surface area contributed by atoms with Crippen molar-refractivity contribution in [3.63, 3.8) is 0 Å². The topological polar surface area (TPSA) is 21.3 Å². The summed E-state index contributed by atoms with van der Waals surface area (Å²) >= 11 is 0. The highest BCUT2D eigenvalue weighted by Gasteiger charge is 2.17. The Morgan fingerprint density at radius 3 is 2.59 bits per heavy atom. The van der Waals surface area contributed by atoms with Gasteiger partial charge in [0.05, 0.1) is 7.11 Å². The second-order valence-corrected chi connectivity index (χ2v) is 4.48. The van der Waals surface area contributed by atoms with E-state index in [-0.39, 0.29) is 5.75 Å². The Labute approximate surface area is 100.0 Å². The van der Waals surface area contributed by atoms with E-state index in [2.05, 4.69) is 5.32 Å². The molecule has 1 heterocycles. The Morgan fingerprint density at radius 2 is 1.94 bits per heavy atom. The van der Waals surface area contributed by atoms with Gasteiger partial charge in [-0.05, 0) is 49.9 Å². The Balaban J connectivity index is 2.13. The molecule has 0 unspecified atom stereocenters. The molecule has 2 nitrogen and oxygen atoms in total. The number of rotatable bonds is 3. The van der Waals surface area contributed by atoms with Gasteiger partial charge in [0.15, 0.2) is 11.6 Å². The van der Waals surface area contributed by atoms with Crippen molar-refractivity contribution in [1.82, 2.24) is 5.32 Å². The van der Waals surface area contributed by atoms with Gasteiger partial charge in [0.2, 0.25) is 0 Å². The summed E-state index contributed by atoms with van der Waals surface area (Å²) in [5.41, 5.74) is 0.551. The van der Waals surface area contributed by atoms with Crippen molar-refractivity contribution in [2.45, 2.75) is 19.3 Å². The zero-order chi connectivity index (χ0) is 12.3. The van der Waals surface area contributed by atoms with E-state index in [1.807, 2.05) is 0 Å². The molecule has 0 spiro atoms. The largest absolute Gasteiger partial charge is 0.494 e. The summed E-state index contributed by atoms with van der Waals surface area (Å²) in [7, 11) is 1.39. The van der Waals surface area contributed by atoms with E-state index in [9.17, 15) is 8.78 Å². The van der Waals surface area contributed by atoms with Crippen LogP contribution in [0.2, 0.25) is 0 Å². The third kappa shape index (κ3) is 2.94. The lowest BCUT2D eigenvalue weighted by Crippen LogP contribution is -2.28. The van der Waals surface area contributed by atoms with Gasteiger partial charge < -0.3 is 10.1 Å². The monoisotopic (exact) mass is 241 g/mol. The second-order valence-electron chi connectivity index (χ2n) is 4.48. The number of halogens is 2. The van der Waals surface area contributed by atoms with Crippen molar-refractivity contribution in [1.29, 1.82) is 0 Å². The predicted octanol–water partition coefficient (Wildman–Crippen LogP) is 2.52. The minimum atomic E-state index is -0.640. The van der Waals surface area contributed by atoms with Crippen LogP contribution in [0.15, 0.2) is 12.1 Å². The van der Waals surface area contributed by atoms with Crippen molar-refractivity contribution in [3.05, 3.63) is 29.3 Å². The van der Waals surface area contributed by atoms with Gasteiger partial charge in [0, 0.05) is 6.07 Å². The maximum Gasteiger partial charge on any atom is 0.167 e. The summed E-state index contributed by atoms with van der Waals surface area (Å²) < 4.78 is 31.7. The smallest absolute Gasteiger partial charge is 0.167 e. The molecular formula is C13H17F2NO. The Hall–Kier alpha value is -1.16. The molecule has 17 heavy (non-hydrogen) atoms. The summed E-state index contributed by atoms with van der Waals surface area (Å²) in [6.45, 7) is 1.95. The molecule has 2 rings (SSSR count). The summed E-state index contributed by atoms with van der Waals surface area (Å²) in [4.78, 5) is 0. The fourth-order valence-corrected chi connectivity index (χ4v) is 2.28. The maximum absolute atomic E-state index is 13.6. The number of hydrogen-bond acceptors (Lipinski definition) is 2. The molecule has 4 heteroatoms.